The molecule has 0 aliphatic heterocycles. The highest BCUT2D eigenvalue weighted by Crippen LogP contribution is 2.30. The van der Waals surface area contributed by atoms with E-state index in [0.29, 0.717) is 5.75 Å². The van der Waals surface area contributed by atoms with Gasteiger partial charge in [-0.25, -0.2) is 0 Å². The van der Waals surface area contributed by atoms with Crippen LogP contribution in [0.1, 0.15) is 5.56 Å². The summed E-state index contributed by atoms with van der Waals surface area (Å²) in [5.74, 6) is 2.04. The van der Waals surface area contributed by atoms with Crippen LogP contribution in [0.2, 0.25) is 0 Å². The van der Waals surface area contributed by atoms with Gasteiger partial charge in [0.05, 0.1) is 12.9 Å². The number of aromatic nitrogens is 2. The van der Waals surface area contributed by atoms with Crippen LogP contribution in [0, 0.1) is 0 Å². The second-order valence-electron chi connectivity index (χ2n) is 3.93. The summed E-state index contributed by atoms with van der Waals surface area (Å²) in [7, 11) is 3.28. The third kappa shape index (κ3) is 5.22. The fraction of sp³-hybridized carbons (Fsp3) is 0.308. The summed E-state index contributed by atoms with van der Waals surface area (Å²) in [4.78, 5) is 11.2. The molecule has 0 fully saturated rings. The van der Waals surface area contributed by atoms with Crippen LogP contribution in [-0.4, -0.2) is 36.0 Å². The molecule has 1 heterocycles. The summed E-state index contributed by atoms with van der Waals surface area (Å²) in [5.41, 5.74) is 1.20. The molecule has 8 heteroatoms. The van der Waals surface area contributed by atoms with Crippen molar-refractivity contribution < 1.29 is 9.53 Å². The lowest BCUT2D eigenvalue weighted by molar-refractivity contribution is -0.118. The van der Waals surface area contributed by atoms with Gasteiger partial charge in [-0.2, -0.15) is 0 Å². The zero-order valence-electron chi connectivity index (χ0n) is 11.7. The quantitative estimate of drug-likeness (QED) is 0.781. The van der Waals surface area contributed by atoms with Crippen molar-refractivity contribution in [2.45, 2.75) is 14.4 Å². The van der Waals surface area contributed by atoms with E-state index >= 15 is 0 Å². The van der Waals surface area contributed by atoms with Crippen LogP contribution in [0.5, 0.6) is 5.75 Å². The molecule has 1 amide bonds. The molecule has 1 aromatic heterocycles. The Hall–Kier alpha value is -1.25. The van der Waals surface area contributed by atoms with E-state index in [4.69, 9.17) is 4.74 Å². The summed E-state index contributed by atoms with van der Waals surface area (Å²) in [6.45, 7) is 0. The lowest BCUT2D eigenvalue weighted by Gasteiger charge is -2.01. The number of thioether (sulfide) groups is 2. The molecule has 0 spiro atoms. The smallest absolute Gasteiger partial charge is 0.230 e. The number of nitrogens with zero attached hydrogens (tertiary/aromatic N) is 2. The number of methoxy groups -OCH3 is 1. The second kappa shape index (κ2) is 8.26. The van der Waals surface area contributed by atoms with Crippen molar-refractivity contribution in [2.75, 3.05) is 19.9 Å². The average molecular weight is 341 g/mol. The molecule has 0 aliphatic rings. The molecular formula is C13H15N3O2S3. The highest BCUT2D eigenvalue weighted by atomic mass is 32.2. The number of carbonyl (C=O) groups is 1. The highest BCUT2D eigenvalue weighted by molar-refractivity contribution is 8.03. The molecule has 1 aromatic carbocycles. The van der Waals surface area contributed by atoms with E-state index in [-0.39, 0.29) is 5.91 Å². The van der Waals surface area contributed by atoms with Gasteiger partial charge in [-0.15, -0.1) is 10.2 Å². The highest BCUT2D eigenvalue weighted by Gasteiger charge is 2.08. The molecular weight excluding hydrogens is 326 g/mol. The number of hydrogen-bond acceptors (Lipinski definition) is 7. The van der Waals surface area contributed by atoms with Crippen molar-refractivity contribution in [3.05, 3.63) is 29.8 Å². The first-order valence-corrected chi connectivity index (χ1v) is 8.92. The first-order chi connectivity index (χ1) is 10.2. The Kier molecular flexibility index (Phi) is 6.34. The summed E-state index contributed by atoms with van der Waals surface area (Å²) in [6, 6.07) is 7.96. The van der Waals surface area contributed by atoms with E-state index in [9.17, 15) is 4.79 Å². The monoisotopic (exact) mass is 341 g/mol. The predicted octanol–water partition coefficient (Wildman–Crippen LogP) is 2.68. The minimum atomic E-state index is -0.0114. The van der Waals surface area contributed by atoms with E-state index < -0.39 is 0 Å². The molecule has 2 aromatic rings. The number of hydrogen-bond donors (Lipinski definition) is 1. The van der Waals surface area contributed by atoms with Crippen LogP contribution < -0.4 is 10.1 Å². The first-order valence-electron chi connectivity index (χ1n) is 6.14. The van der Waals surface area contributed by atoms with Crippen LogP contribution >= 0.6 is 34.9 Å². The normalized spacial score (nSPS) is 10.4. The van der Waals surface area contributed by atoms with Crippen LogP contribution in [-0.2, 0) is 10.5 Å². The fourth-order valence-electron chi connectivity index (χ4n) is 1.38. The van der Waals surface area contributed by atoms with Crippen molar-refractivity contribution >= 4 is 40.8 Å². The predicted molar refractivity (Wildman–Crippen MR) is 87.3 cm³/mol. The number of nitrogens with one attached hydrogen (secondary N) is 1. The van der Waals surface area contributed by atoms with Gasteiger partial charge in [0.15, 0.2) is 8.68 Å². The van der Waals surface area contributed by atoms with Gasteiger partial charge < -0.3 is 10.1 Å². The van der Waals surface area contributed by atoms with Crippen molar-refractivity contribution in [2.24, 2.45) is 0 Å². The van der Waals surface area contributed by atoms with Gasteiger partial charge in [0.25, 0.3) is 0 Å². The van der Waals surface area contributed by atoms with Crippen molar-refractivity contribution in [3.8, 4) is 5.75 Å². The fourth-order valence-corrected chi connectivity index (χ4v) is 4.23. The van der Waals surface area contributed by atoms with Crippen molar-refractivity contribution in [1.82, 2.24) is 15.5 Å². The maximum absolute atomic E-state index is 11.2. The largest absolute Gasteiger partial charge is 0.497 e. The van der Waals surface area contributed by atoms with E-state index in [2.05, 4.69) is 15.5 Å². The Bertz CT molecular complexity index is 587. The molecule has 0 radical (unpaired) electrons. The Labute approximate surface area is 135 Å². The maximum atomic E-state index is 11.2. The Morgan fingerprint density at radius 1 is 1.24 bits per heavy atom. The first kappa shape index (κ1) is 16.1. The molecule has 0 saturated heterocycles. The third-order valence-corrected chi connectivity index (χ3v) is 5.78. The molecule has 0 saturated carbocycles. The van der Waals surface area contributed by atoms with Crippen LogP contribution in [0.15, 0.2) is 32.9 Å². The lowest BCUT2D eigenvalue weighted by Crippen LogP contribution is -2.19. The second-order valence-corrected chi connectivity index (χ2v) is 7.35. The minimum Gasteiger partial charge on any atom is -0.497 e. The number of amides is 1. The Morgan fingerprint density at radius 3 is 2.52 bits per heavy atom. The summed E-state index contributed by atoms with van der Waals surface area (Å²) in [5, 5.41) is 10.8. The van der Waals surface area contributed by atoms with Gasteiger partial charge in [0.2, 0.25) is 5.91 Å². The molecule has 0 atom stereocenters. The van der Waals surface area contributed by atoms with E-state index in [1.54, 1.807) is 25.9 Å². The van der Waals surface area contributed by atoms with Gasteiger partial charge in [-0.1, -0.05) is 47.0 Å². The van der Waals surface area contributed by atoms with E-state index in [1.807, 2.05) is 24.3 Å². The van der Waals surface area contributed by atoms with E-state index in [1.165, 1.54) is 28.7 Å². The van der Waals surface area contributed by atoms with Gasteiger partial charge in [-0.3, -0.25) is 4.79 Å². The number of benzene rings is 1. The third-order valence-electron chi connectivity index (χ3n) is 2.51. The van der Waals surface area contributed by atoms with Crippen molar-refractivity contribution in [1.29, 1.82) is 0 Å². The summed E-state index contributed by atoms with van der Waals surface area (Å²) < 4.78 is 6.85. The van der Waals surface area contributed by atoms with Crippen LogP contribution in [0.4, 0.5) is 0 Å². The van der Waals surface area contributed by atoms with E-state index in [0.717, 1.165) is 20.2 Å². The SMILES string of the molecule is CNC(=O)CSc1nnc(SCc2ccc(OC)cc2)s1. The molecule has 0 bridgehead atoms. The van der Waals surface area contributed by atoms with Gasteiger partial charge >= 0.3 is 0 Å². The zero-order chi connectivity index (χ0) is 15.1. The van der Waals surface area contributed by atoms with Crippen LogP contribution in [0.3, 0.4) is 0 Å². The Morgan fingerprint density at radius 2 is 1.90 bits per heavy atom. The van der Waals surface area contributed by atoms with Gasteiger partial charge in [0.1, 0.15) is 5.75 Å². The van der Waals surface area contributed by atoms with Crippen molar-refractivity contribution in [3.63, 3.8) is 0 Å². The average Bonchev–Trinajstić information content (AvgIpc) is 2.99. The summed E-state index contributed by atoms with van der Waals surface area (Å²) >= 11 is 4.55. The molecule has 2 rings (SSSR count). The topological polar surface area (TPSA) is 64.1 Å². The zero-order valence-corrected chi connectivity index (χ0v) is 14.1. The molecule has 0 aliphatic carbocycles. The summed E-state index contributed by atoms with van der Waals surface area (Å²) in [6.07, 6.45) is 0. The lowest BCUT2D eigenvalue weighted by atomic mass is 10.2. The minimum absolute atomic E-state index is 0.0114. The molecule has 5 nitrogen and oxygen atoms in total. The van der Waals surface area contributed by atoms with Gasteiger partial charge in [-0.05, 0) is 17.7 Å². The standard InChI is InChI=1S/C13H15N3O2S3/c1-14-11(17)8-20-13-16-15-12(21-13)19-7-9-3-5-10(18-2)6-4-9/h3-6H,7-8H2,1-2H3,(H,14,17). The Balaban J connectivity index is 1.83. The number of rotatable bonds is 7. The molecule has 1 N–H and O–H groups in total. The molecule has 112 valence electrons. The van der Waals surface area contributed by atoms with Crippen LogP contribution in [0.25, 0.3) is 0 Å². The number of ether oxygens (including phenoxy) is 1. The maximum Gasteiger partial charge on any atom is 0.230 e. The number of carbonyl (C=O) groups excluding carboxylic acids is 1. The molecule has 21 heavy (non-hydrogen) atoms. The molecule has 0 unspecified atom stereocenters. The van der Waals surface area contributed by atoms with Gasteiger partial charge in [0, 0.05) is 12.8 Å².